The average Bonchev–Trinajstić information content (AvgIpc) is 3.09. The summed E-state index contributed by atoms with van der Waals surface area (Å²) in [6, 6.07) is 3.88. The number of fused-ring (bicyclic) bond motifs is 5. The van der Waals surface area contributed by atoms with Crippen LogP contribution < -0.4 is 4.90 Å². The van der Waals surface area contributed by atoms with Crippen LogP contribution >= 0.6 is 11.6 Å². The predicted molar refractivity (Wildman–Crippen MR) is 80.0 cm³/mol. The van der Waals surface area contributed by atoms with Gasteiger partial charge in [-0.2, -0.15) is 0 Å². The number of anilines is 1. The van der Waals surface area contributed by atoms with Crippen LogP contribution in [0.2, 0.25) is 5.02 Å². The minimum atomic E-state index is -0.835. The summed E-state index contributed by atoms with van der Waals surface area (Å²) in [5, 5.41) is 11.4. The summed E-state index contributed by atoms with van der Waals surface area (Å²) in [6.45, 7) is 1.75. The highest BCUT2D eigenvalue weighted by atomic mass is 35.5. The Kier molecular flexibility index (Phi) is 2.74. The molecule has 3 aliphatic heterocycles. The fraction of sp³-hybridized carbons (Fsp3) is 0.333. The zero-order valence-electron chi connectivity index (χ0n) is 11.9. The maximum absolute atomic E-state index is 12.8. The van der Waals surface area contributed by atoms with Crippen molar-refractivity contribution in [3.63, 3.8) is 0 Å². The number of nitrogens with zero attached hydrogens (tertiary/aromatic N) is 2. The molecule has 7 nitrogen and oxygen atoms in total. The number of halogens is 1. The lowest BCUT2D eigenvalue weighted by Crippen LogP contribution is -2.38. The topological polar surface area (TPSA) is 89.8 Å². The molecular weight excluding hydrogens is 324 g/mol. The second-order valence-electron chi connectivity index (χ2n) is 6.03. The first-order valence-corrected chi connectivity index (χ1v) is 7.40. The maximum Gasteiger partial charge on any atom is 0.294 e. The van der Waals surface area contributed by atoms with E-state index < -0.39 is 40.3 Å². The van der Waals surface area contributed by atoms with Crippen molar-refractivity contribution < 1.29 is 19.2 Å². The van der Waals surface area contributed by atoms with Gasteiger partial charge in [0.2, 0.25) is 11.8 Å². The Morgan fingerprint density at radius 1 is 1.35 bits per heavy atom. The van der Waals surface area contributed by atoms with Gasteiger partial charge in [-0.15, -0.1) is 0 Å². The van der Waals surface area contributed by atoms with E-state index in [1.54, 1.807) is 19.1 Å². The lowest BCUT2D eigenvalue weighted by molar-refractivity contribution is -0.384. The van der Waals surface area contributed by atoms with E-state index in [2.05, 4.69) is 0 Å². The third-order valence-electron chi connectivity index (χ3n) is 4.70. The molecule has 2 fully saturated rings. The Morgan fingerprint density at radius 3 is 2.74 bits per heavy atom. The van der Waals surface area contributed by atoms with Crippen molar-refractivity contribution in [1.82, 2.24) is 0 Å². The molecule has 2 amide bonds. The molecule has 1 aromatic rings. The van der Waals surface area contributed by atoms with Gasteiger partial charge in [-0.1, -0.05) is 23.8 Å². The van der Waals surface area contributed by atoms with Gasteiger partial charge in [0, 0.05) is 11.1 Å². The Hall–Kier alpha value is -2.25. The van der Waals surface area contributed by atoms with E-state index in [0.29, 0.717) is 0 Å². The number of nitro groups is 1. The van der Waals surface area contributed by atoms with Crippen LogP contribution in [0.25, 0.3) is 0 Å². The van der Waals surface area contributed by atoms with Crippen LogP contribution in [0.15, 0.2) is 30.4 Å². The quantitative estimate of drug-likeness (QED) is 0.357. The molecule has 118 valence electrons. The lowest BCUT2D eigenvalue weighted by Gasteiger charge is -2.24. The van der Waals surface area contributed by atoms with Gasteiger partial charge in [-0.25, -0.2) is 4.90 Å². The molecule has 0 unspecified atom stereocenters. The largest absolute Gasteiger partial charge is 0.362 e. The van der Waals surface area contributed by atoms with E-state index in [-0.39, 0.29) is 16.4 Å². The van der Waals surface area contributed by atoms with Gasteiger partial charge in [0.15, 0.2) is 0 Å². The number of carbonyl (C=O) groups excluding carboxylic acids is 2. The number of hydrogen-bond acceptors (Lipinski definition) is 5. The van der Waals surface area contributed by atoms with Crippen molar-refractivity contribution >= 4 is 34.8 Å². The Bertz CT molecular complexity index is 807. The molecule has 0 aromatic heterocycles. The number of rotatable bonds is 2. The minimum absolute atomic E-state index is 0.0493. The molecule has 3 heterocycles. The van der Waals surface area contributed by atoms with E-state index in [0.717, 1.165) is 11.0 Å². The summed E-state index contributed by atoms with van der Waals surface area (Å²) in [5.74, 6) is -2.23. The number of carbonyl (C=O) groups is 2. The molecule has 0 aliphatic carbocycles. The number of benzene rings is 1. The van der Waals surface area contributed by atoms with E-state index >= 15 is 0 Å². The van der Waals surface area contributed by atoms with Crippen molar-refractivity contribution in [3.8, 4) is 0 Å². The Balaban J connectivity index is 1.83. The van der Waals surface area contributed by atoms with Crippen molar-refractivity contribution in [1.29, 1.82) is 0 Å². The van der Waals surface area contributed by atoms with Gasteiger partial charge < -0.3 is 4.74 Å². The van der Waals surface area contributed by atoms with Crippen molar-refractivity contribution in [3.05, 3.63) is 45.5 Å². The third kappa shape index (κ3) is 1.74. The van der Waals surface area contributed by atoms with Gasteiger partial charge >= 0.3 is 0 Å². The van der Waals surface area contributed by atoms with Crippen molar-refractivity contribution in [2.24, 2.45) is 11.8 Å². The van der Waals surface area contributed by atoms with Crippen molar-refractivity contribution in [2.45, 2.75) is 18.6 Å². The Labute approximate surface area is 135 Å². The molecule has 1 aromatic carbocycles. The second kappa shape index (κ2) is 4.39. The predicted octanol–water partition coefficient (Wildman–Crippen LogP) is 2.08. The SMILES string of the molecule is C[C@@]12C=C[C@@H](O1)[C@@H]1C(=O)N(c3ccc(Cl)cc3[N+](=O)[O-])C(=O)[C@H]12. The zero-order valence-corrected chi connectivity index (χ0v) is 12.7. The summed E-state index contributed by atoms with van der Waals surface area (Å²) in [5.41, 5.74) is -1.25. The van der Waals surface area contributed by atoms with E-state index in [4.69, 9.17) is 16.3 Å². The summed E-state index contributed by atoms with van der Waals surface area (Å²) in [4.78, 5) is 37.0. The molecule has 2 bridgehead atoms. The summed E-state index contributed by atoms with van der Waals surface area (Å²) >= 11 is 5.79. The maximum atomic E-state index is 12.8. The number of amides is 2. The molecule has 0 spiro atoms. The smallest absolute Gasteiger partial charge is 0.294 e. The third-order valence-corrected chi connectivity index (χ3v) is 4.94. The summed E-state index contributed by atoms with van der Waals surface area (Å²) in [7, 11) is 0. The molecule has 3 aliphatic rings. The van der Waals surface area contributed by atoms with Gasteiger partial charge in [0.05, 0.1) is 28.5 Å². The standard InChI is InChI=1S/C15H11ClN2O5/c1-15-5-4-10(23-15)11-12(15)14(20)17(13(11)19)8-3-2-7(16)6-9(8)18(21)22/h2-6,10-12H,1H3/t10-,11+,12+,15+/m1/s1. The zero-order chi connectivity index (χ0) is 16.5. The fourth-order valence-electron chi connectivity index (χ4n) is 3.72. The highest BCUT2D eigenvalue weighted by Gasteiger charge is 2.66. The Morgan fingerprint density at radius 2 is 2.09 bits per heavy atom. The molecule has 0 radical (unpaired) electrons. The van der Waals surface area contributed by atoms with Crippen LogP contribution in [-0.2, 0) is 14.3 Å². The van der Waals surface area contributed by atoms with E-state index in [1.807, 2.05) is 0 Å². The first-order valence-electron chi connectivity index (χ1n) is 7.02. The minimum Gasteiger partial charge on any atom is -0.362 e. The first-order chi connectivity index (χ1) is 10.8. The molecule has 8 heteroatoms. The number of nitro benzene ring substituents is 1. The van der Waals surface area contributed by atoms with E-state index in [9.17, 15) is 19.7 Å². The van der Waals surface area contributed by atoms with Crippen LogP contribution in [0, 0.1) is 22.0 Å². The second-order valence-corrected chi connectivity index (χ2v) is 6.47. The highest BCUT2D eigenvalue weighted by molar-refractivity contribution is 6.31. The molecule has 23 heavy (non-hydrogen) atoms. The van der Waals surface area contributed by atoms with Crippen LogP contribution in [0.3, 0.4) is 0 Å². The number of hydrogen-bond donors (Lipinski definition) is 0. The van der Waals surface area contributed by atoms with Crippen LogP contribution in [0.4, 0.5) is 11.4 Å². The number of ether oxygens (including phenoxy) is 1. The molecule has 0 N–H and O–H groups in total. The van der Waals surface area contributed by atoms with Gasteiger partial charge in [-0.05, 0) is 19.1 Å². The highest BCUT2D eigenvalue weighted by Crippen LogP contribution is 2.53. The molecule has 2 saturated heterocycles. The fourth-order valence-corrected chi connectivity index (χ4v) is 3.89. The molecular formula is C15H11ClN2O5. The summed E-state index contributed by atoms with van der Waals surface area (Å²) in [6.07, 6.45) is 3.09. The van der Waals surface area contributed by atoms with Gasteiger partial charge in [0.25, 0.3) is 5.69 Å². The van der Waals surface area contributed by atoms with Gasteiger partial charge in [0.1, 0.15) is 5.69 Å². The monoisotopic (exact) mass is 334 g/mol. The normalized spacial score (nSPS) is 34.3. The molecule has 4 rings (SSSR count). The van der Waals surface area contributed by atoms with Crippen LogP contribution in [0.1, 0.15) is 6.92 Å². The van der Waals surface area contributed by atoms with Crippen LogP contribution in [-0.4, -0.2) is 28.4 Å². The number of imide groups is 1. The molecule has 4 atom stereocenters. The van der Waals surface area contributed by atoms with Crippen LogP contribution in [0.5, 0.6) is 0 Å². The lowest BCUT2D eigenvalue weighted by atomic mass is 9.78. The average molecular weight is 335 g/mol. The van der Waals surface area contributed by atoms with Gasteiger partial charge in [-0.3, -0.25) is 19.7 Å². The first kappa shape index (κ1) is 14.3. The van der Waals surface area contributed by atoms with E-state index in [1.165, 1.54) is 12.1 Å². The van der Waals surface area contributed by atoms with Crippen molar-refractivity contribution in [2.75, 3.05) is 4.90 Å². The molecule has 0 saturated carbocycles. The summed E-state index contributed by atoms with van der Waals surface area (Å²) < 4.78 is 5.71.